The molecular weight excluding hydrogens is 342 g/mol. The van der Waals surface area contributed by atoms with Crippen LogP contribution in [0.2, 0.25) is 0 Å². The van der Waals surface area contributed by atoms with Crippen molar-refractivity contribution in [1.82, 2.24) is 19.9 Å². The quantitative estimate of drug-likeness (QED) is 0.842. The van der Waals surface area contributed by atoms with Crippen LogP contribution in [-0.2, 0) is 23.1 Å². The summed E-state index contributed by atoms with van der Waals surface area (Å²) in [6, 6.07) is 0. The van der Waals surface area contributed by atoms with Gasteiger partial charge in [-0.1, -0.05) is 18.2 Å². The van der Waals surface area contributed by atoms with E-state index in [1.54, 1.807) is 0 Å². The zero-order chi connectivity index (χ0) is 18.8. The smallest absolute Gasteiger partial charge is 0.152 e. The Morgan fingerprint density at radius 3 is 2.85 bits per heavy atom. The molecule has 27 heavy (non-hydrogen) atoms. The van der Waals surface area contributed by atoms with E-state index in [-0.39, 0.29) is 12.2 Å². The number of aromatic nitrogens is 3. The molecule has 2 aromatic rings. The second-order valence-corrected chi connectivity index (χ2v) is 6.97. The number of hydrogen-bond donors (Lipinski definition) is 2. The zero-order valence-corrected chi connectivity index (χ0v) is 15.9. The first-order valence-corrected chi connectivity index (χ1v) is 9.62. The van der Waals surface area contributed by atoms with E-state index in [4.69, 9.17) is 20.2 Å². The Labute approximate surface area is 159 Å². The van der Waals surface area contributed by atoms with Crippen LogP contribution in [0.3, 0.4) is 0 Å². The molecule has 2 aromatic heterocycles. The SMILES string of the molecule is CCOCc1nc2c(N)nc3c(c2n1C)C(OC1CCNCC1)C=CC=C3. The monoisotopic (exact) mass is 369 g/mol. The fourth-order valence-electron chi connectivity index (χ4n) is 3.79. The highest BCUT2D eigenvalue weighted by atomic mass is 16.5. The van der Waals surface area contributed by atoms with E-state index in [1.165, 1.54) is 0 Å². The highest BCUT2D eigenvalue weighted by Gasteiger charge is 2.27. The maximum absolute atomic E-state index is 6.51. The van der Waals surface area contributed by atoms with Gasteiger partial charge in [-0.15, -0.1) is 0 Å². The number of nitrogens with one attached hydrogen (secondary N) is 1. The van der Waals surface area contributed by atoms with Crippen molar-refractivity contribution in [2.24, 2.45) is 7.05 Å². The van der Waals surface area contributed by atoms with Crippen LogP contribution in [0.1, 0.15) is 43.0 Å². The second kappa shape index (κ2) is 7.80. The zero-order valence-electron chi connectivity index (χ0n) is 15.9. The van der Waals surface area contributed by atoms with Crippen molar-refractivity contribution in [3.63, 3.8) is 0 Å². The molecule has 0 radical (unpaired) electrons. The lowest BCUT2D eigenvalue weighted by atomic mass is 10.0. The summed E-state index contributed by atoms with van der Waals surface area (Å²) < 4.78 is 14.2. The molecule has 1 saturated heterocycles. The summed E-state index contributed by atoms with van der Waals surface area (Å²) >= 11 is 0. The Morgan fingerprint density at radius 1 is 1.26 bits per heavy atom. The third kappa shape index (κ3) is 3.50. The Kier molecular flexibility index (Phi) is 5.24. The van der Waals surface area contributed by atoms with Gasteiger partial charge in [0.1, 0.15) is 24.1 Å². The van der Waals surface area contributed by atoms with Gasteiger partial charge >= 0.3 is 0 Å². The Hall–Kier alpha value is -2.22. The van der Waals surface area contributed by atoms with Crippen molar-refractivity contribution < 1.29 is 9.47 Å². The van der Waals surface area contributed by atoms with E-state index in [0.29, 0.717) is 24.5 Å². The Balaban J connectivity index is 1.81. The maximum atomic E-state index is 6.51. The number of piperidine rings is 1. The predicted octanol–water partition coefficient (Wildman–Crippen LogP) is 2.48. The van der Waals surface area contributed by atoms with Crippen LogP contribution in [0.4, 0.5) is 5.82 Å². The number of fused-ring (bicyclic) bond motifs is 3. The van der Waals surface area contributed by atoms with E-state index in [9.17, 15) is 0 Å². The molecular formula is C20H27N5O2. The second-order valence-electron chi connectivity index (χ2n) is 6.97. The number of ether oxygens (including phenoxy) is 2. The molecule has 1 unspecified atom stereocenters. The molecule has 7 nitrogen and oxygen atoms in total. The van der Waals surface area contributed by atoms with E-state index in [2.05, 4.69) is 20.9 Å². The molecule has 0 saturated carbocycles. The standard InChI is InChI=1S/C20H27N5O2/c1-3-26-12-16-24-18-19(25(16)2)17-14(23-20(18)21)6-4-5-7-15(17)27-13-8-10-22-11-9-13/h4-7,13,15,22H,3,8-12H2,1-2H3,(H2,21,23). The van der Waals surface area contributed by atoms with Crippen LogP contribution in [0.15, 0.2) is 18.2 Å². The fourth-order valence-corrected chi connectivity index (χ4v) is 3.79. The number of rotatable bonds is 5. The van der Waals surface area contributed by atoms with Gasteiger partial charge in [0.15, 0.2) is 5.82 Å². The molecule has 0 aromatic carbocycles. The lowest BCUT2D eigenvalue weighted by Gasteiger charge is -2.27. The van der Waals surface area contributed by atoms with Crippen molar-refractivity contribution >= 4 is 22.9 Å². The minimum atomic E-state index is -0.177. The first kappa shape index (κ1) is 18.2. The molecule has 7 heteroatoms. The first-order chi connectivity index (χ1) is 13.2. The molecule has 1 atom stereocenters. The van der Waals surface area contributed by atoms with Gasteiger partial charge in [0.05, 0.1) is 17.3 Å². The molecule has 0 amide bonds. The number of pyridine rings is 1. The van der Waals surface area contributed by atoms with Gasteiger partial charge in [0.25, 0.3) is 0 Å². The lowest BCUT2D eigenvalue weighted by molar-refractivity contribution is -0.00404. The molecule has 4 rings (SSSR count). The number of nitrogens with zero attached hydrogens (tertiary/aromatic N) is 3. The summed E-state index contributed by atoms with van der Waals surface area (Å²) in [5, 5.41) is 3.39. The van der Waals surface area contributed by atoms with Gasteiger partial charge in [-0.3, -0.25) is 0 Å². The van der Waals surface area contributed by atoms with E-state index in [0.717, 1.165) is 48.5 Å². The number of hydrogen-bond acceptors (Lipinski definition) is 6. The number of aryl methyl sites for hydroxylation is 1. The van der Waals surface area contributed by atoms with Crippen molar-refractivity contribution in [2.45, 2.75) is 38.6 Å². The van der Waals surface area contributed by atoms with Gasteiger partial charge < -0.3 is 25.1 Å². The number of imidazole rings is 1. The molecule has 1 fully saturated rings. The minimum absolute atomic E-state index is 0.177. The highest BCUT2D eigenvalue weighted by molar-refractivity contribution is 5.91. The van der Waals surface area contributed by atoms with Crippen LogP contribution < -0.4 is 11.1 Å². The van der Waals surface area contributed by atoms with Crippen LogP contribution >= 0.6 is 0 Å². The lowest BCUT2D eigenvalue weighted by Crippen LogP contribution is -2.33. The van der Waals surface area contributed by atoms with Gasteiger partial charge in [0, 0.05) is 19.2 Å². The van der Waals surface area contributed by atoms with Crippen molar-refractivity contribution in [1.29, 1.82) is 0 Å². The molecule has 1 aliphatic carbocycles. The third-order valence-corrected chi connectivity index (χ3v) is 5.20. The molecule has 3 heterocycles. The Morgan fingerprint density at radius 2 is 2.07 bits per heavy atom. The molecule has 3 N–H and O–H groups in total. The molecule has 0 bridgehead atoms. The summed E-state index contributed by atoms with van der Waals surface area (Å²) in [5.41, 5.74) is 9.80. The van der Waals surface area contributed by atoms with Crippen molar-refractivity contribution in [2.75, 3.05) is 25.4 Å². The predicted molar refractivity (Wildman–Crippen MR) is 106 cm³/mol. The fraction of sp³-hybridized carbons (Fsp3) is 0.500. The number of anilines is 1. The largest absolute Gasteiger partial charge is 0.382 e. The van der Waals surface area contributed by atoms with E-state index < -0.39 is 0 Å². The summed E-state index contributed by atoms with van der Waals surface area (Å²) in [6.07, 6.45) is 10.2. The average molecular weight is 369 g/mol. The average Bonchev–Trinajstić information content (AvgIpc) is 2.88. The van der Waals surface area contributed by atoms with Crippen molar-refractivity contribution in [3.05, 3.63) is 35.3 Å². The van der Waals surface area contributed by atoms with Crippen LogP contribution in [0, 0.1) is 0 Å². The van der Waals surface area contributed by atoms with E-state index >= 15 is 0 Å². The number of allylic oxidation sites excluding steroid dienone is 2. The van der Waals surface area contributed by atoms with Gasteiger partial charge in [-0.25, -0.2) is 9.97 Å². The molecule has 2 aliphatic rings. The van der Waals surface area contributed by atoms with Crippen LogP contribution in [0.5, 0.6) is 0 Å². The van der Waals surface area contributed by atoms with Crippen LogP contribution in [0.25, 0.3) is 17.1 Å². The normalized spacial score (nSPS) is 20.1. The van der Waals surface area contributed by atoms with Crippen LogP contribution in [-0.4, -0.2) is 40.3 Å². The first-order valence-electron chi connectivity index (χ1n) is 9.62. The third-order valence-electron chi connectivity index (χ3n) is 5.20. The summed E-state index contributed by atoms with van der Waals surface area (Å²) in [4.78, 5) is 9.33. The van der Waals surface area contributed by atoms with E-state index in [1.807, 2.05) is 32.2 Å². The number of nitrogens with two attached hydrogens (primary N) is 1. The maximum Gasteiger partial charge on any atom is 0.152 e. The molecule has 1 aliphatic heterocycles. The minimum Gasteiger partial charge on any atom is -0.382 e. The molecule has 0 spiro atoms. The number of nitrogen functional groups attached to an aromatic ring is 1. The summed E-state index contributed by atoms with van der Waals surface area (Å²) in [5.74, 6) is 1.28. The van der Waals surface area contributed by atoms with Crippen molar-refractivity contribution in [3.8, 4) is 0 Å². The Bertz CT molecular complexity index is 880. The summed E-state index contributed by atoms with van der Waals surface area (Å²) in [6.45, 7) is 5.05. The molecule has 144 valence electrons. The highest BCUT2D eigenvalue weighted by Crippen LogP contribution is 2.36. The van der Waals surface area contributed by atoms with Gasteiger partial charge in [-0.05, 0) is 38.9 Å². The topological polar surface area (TPSA) is 87.2 Å². The van der Waals surface area contributed by atoms with Gasteiger partial charge in [0.2, 0.25) is 0 Å². The summed E-state index contributed by atoms with van der Waals surface area (Å²) in [7, 11) is 2.00. The van der Waals surface area contributed by atoms with Gasteiger partial charge in [-0.2, -0.15) is 0 Å².